The molecule has 0 saturated carbocycles. The van der Waals surface area contributed by atoms with Gasteiger partial charge in [-0.25, -0.2) is 0 Å². The highest BCUT2D eigenvalue weighted by atomic mass is 35.5. The zero-order chi connectivity index (χ0) is 21.2. The molecule has 0 aromatic heterocycles. The first-order chi connectivity index (χ1) is 13.9. The van der Waals surface area contributed by atoms with Crippen LogP contribution in [0.15, 0.2) is 54.6 Å². The van der Waals surface area contributed by atoms with Gasteiger partial charge in [0, 0.05) is 23.4 Å². The normalized spacial score (nSPS) is 11.9. The Labute approximate surface area is 183 Å². The number of hydrogen-bond acceptors (Lipinski definition) is 3. The summed E-state index contributed by atoms with van der Waals surface area (Å²) < 4.78 is 0. The van der Waals surface area contributed by atoms with Crippen LogP contribution in [-0.2, 0) is 21.9 Å². The fourth-order valence-electron chi connectivity index (χ4n) is 3.02. The van der Waals surface area contributed by atoms with E-state index in [-0.39, 0.29) is 17.9 Å². The van der Waals surface area contributed by atoms with Gasteiger partial charge in [-0.05, 0) is 37.5 Å². The molecular weight excluding hydrogens is 404 g/mol. The Morgan fingerprint density at radius 1 is 1.07 bits per heavy atom. The summed E-state index contributed by atoms with van der Waals surface area (Å²) in [5.41, 5.74) is 2.01. The summed E-state index contributed by atoms with van der Waals surface area (Å²) >= 11 is 7.88. The quantitative estimate of drug-likeness (QED) is 0.580. The van der Waals surface area contributed by atoms with Gasteiger partial charge in [0.2, 0.25) is 11.8 Å². The molecule has 0 aliphatic heterocycles. The Balaban J connectivity index is 2.14. The van der Waals surface area contributed by atoms with Gasteiger partial charge in [0.15, 0.2) is 0 Å². The Kier molecular flexibility index (Phi) is 9.55. The van der Waals surface area contributed by atoms with Gasteiger partial charge in [0.05, 0.1) is 5.75 Å². The van der Waals surface area contributed by atoms with Crippen LogP contribution in [0.25, 0.3) is 0 Å². The summed E-state index contributed by atoms with van der Waals surface area (Å²) in [5, 5.41) is 3.54. The molecule has 0 fully saturated rings. The van der Waals surface area contributed by atoms with Crippen LogP contribution in [0.2, 0.25) is 5.02 Å². The van der Waals surface area contributed by atoms with E-state index in [1.807, 2.05) is 69.3 Å². The summed E-state index contributed by atoms with van der Waals surface area (Å²) in [7, 11) is 0. The summed E-state index contributed by atoms with van der Waals surface area (Å²) in [6.07, 6.45) is 0.540. The largest absolute Gasteiger partial charge is 0.352 e. The molecule has 0 aliphatic rings. The maximum absolute atomic E-state index is 13.1. The minimum atomic E-state index is -0.529. The van der Waals surface area contributed by atoms with E-state index < -0.39 is 6.04 Å². The first-order valence-electron chi connectivity index (χ1n) is 9.87. The van der Waals surface area contributed by atoms with Gasteiger partial charge >= 0.3 is 0 Å². The highest BCUT2D eigenvalue weighted by molar-refractivity contribution is 7.99. The summed E-state index contributed by atoms with van der Waals surface area (Å²) in [5.74, 6) is 0.874. The van der Waals surface area contributed by atoms with Crippen LogP contribution in [0.4, 0.5) is 0 Å². The maximum atomic E-state index is 13.1. The molecule has 1 atom stereocenters. The number of carbonyl (C=O) groups excluding carboxylic acids is 2. The number of thioether (sulfide) groups is 1. The molecule has 6 heteroatoms. The Morgan fingerprint density at radius 3 is 2.34 bits per heavy atom. The smallest absolute Gasteiger partial charge is 0.243 e. The number of nitrogens with zero attached hydrogens (tertiary/aromatic N) is 1. The molecule has 0 bridgehead atoms. The van der Waals surface area contributed by atoms with Gasteiger partial charge in [0.1, 0.15) is 6.04 Å². The van der Waals surface area contributed by atoms with Gasteiger partial charge in [-0.2, -0.15) is 0 Å². The van der Waals surface area contributed by atoms with Crippen LogP contribution >= 0.6 is 23.4 Å². The molecule has 0 heterocycles. The molecule has 29 heavy (non-hydrogen) atoms. The zero-order valence-corrected chi connectivity index (χ0v) is 18.8. The molecule has 2 amide bonds. The van der Waals surface area contributed by atoms with E-state index in [4.69, 9.17) is 11.6 Å². The zero-order valence-electron chi connectivity index (χ0n) is 17.2. The molecular formula is C23H29ClN2O2S. The Morgan fingerprint density at radius 2 is 1.72 bits per heavy atom. The van der Waals surface area contributed by atoms with Gasteiger partial charge in [-0.3, -0.25) is 9.59 Å². The summed E-state index contributed by atoms with van der Waals surface area (Å²) in [6, 6.07) is 17.0. The molecule has 2 aromatic rings. The molecule has 0 unspecified atom stereocenters. The third-order valence-electron chi connectivity index (χ3n) is 4.45. The van der Waals surface area contributed by atoms with Gasteiger partial charge in [0.25, 0.3) is 0 Å². The number of carbonyl (C=O) groups is 2. The van der Waals surface area contributed by atoms with Gasteiger partial charge < -0.3 is 10.2 Å². The van der Waals surface area contributed by atoms with Crippen molar-refractivity contribution in [3.8, 4) is 0 Å². The fourth-order valence-corrected chi connectivity index (χ4v) is 4.09. The van der Waals surface area contributed by atoms with Crippen molar-refractivity contribution in [1.29, 1.82) is 0 Å². The van der Waals surface area contributed by atoms with Crippen LogP contribution < -0.4 is 5.32 Å². The van der Waals surface area contributed by atoms with E-state index in [9.17, 15) is 9.59 Å². The van der Waals surface area contributed by atoms with Crippen LogP contribution in [0.1, 0.15) is 38.3 Å². The van der Waals surface area contributed by atoms with Gasteiger partial charge in [-0.1, -0.05) is 67.1 Å². The average molecular weight is 433 g/mol. The van der Waals surface area contributed by atoms with Crippen molar-refractivity contribution in [2.45, 2.75) is 51.6 Å². The van der Waals surface area contributed by atoms with Crippen LogP contribution in [-0.4, -0.2) is 34.6 Å². The van der Waals surface area contributed by atoms with E-state index in [0.29, 0.717) is 23.7 Å². The van der Waals surface area contributed by atoms with Crippen molar-refractivity contribution in [2.24, 2.45) is 0 Å². The summed E-state index contributed by atoms with van der Waals surface area (Å²) in [6.45, 7) is 6.07. The number of nitrogens with one attached hydrogen (secondary N) is 1. The monoisotopic (exact) mass is 432 g/mol. The number of rotatable bonds is 10. The van der Waals surface area contributed by atoms with Crippen molar-refractivity contribution < 1.29 is 9.59 Å². The lowest BCUT2D eigenvalue weighted by Crippen LogP contribution is -2.51. The van der Waals surface area contributed by atoms with Crippen molar-refractivity contribution in [3.05, 3.63) is 70.7 Å². The first kappa shape index (κ1) is 23.3. The SMILES string of the molecule is CC[C@H](C(=O)NC(C)C)N(Cc1ccccc1Cl)C(=O)CSCc1ccccc1. The lowest BCUT2D eigenvalue weighted by atomic mass is 10.1. The minimum absolute atomic E-state index is 0.0151. The van der Waals surface area contributed by atoms with E-state index in [1.54, 1.807) is 22.7 Å². The minimum Gasteiger partial charge on any atom is -0.352 e. The molecule has 0 aliphatic carbocycles. The number of benzene rings is 2. The molecule has 4 nitrogen and oxygen atoms in total. The highest BCUT2D eigenvalue weighted by Gasteiger charge is 2.29. The van der Waals surface area contributed by atoms with Gasteiger partial charge in [-0.15, -0.1) is 11.8 Å². The second-order valence-corrected chi connectivity index (χ2v) is 8.57. The van der Waals surface area contributed by atoms with Crippen LogP contribution in [0.3, 0.4) is 0 Å². The predicted octanol–water partition coefficient (Wildman–Crippen LogP) is 4.91. The van der Waals surface area contributed by atoms with E-state index in [1.165, 1.54) is 5.56 Å². The topological polar surface area (TPSA) is 49.4 Å². The predicted molar refractivity (Wildman–Crippen MR) is 122 cm³/mol. The second kappa shape index (κ2) is 11.9. The van der Waals surface area contributed by atoms with Crippen molar-refractivity contribution in [1.82, 2.24) is 10.2 Å². The third kappa shape index (κ3) is 7.41. The van der Waals surface area contributed by atoms with E-state index in [2.05, 4.69) is 5.32 Å². The fraction of sp³-hybridized carbons (Fsp3) is 0.391. The first-order valence-corrected chi connectivity index (χ1v) is 11.4. The van der Waals surface area contributed by atoms with Crippen molar-refractivity contribution in [2.75, 3.05) is 5.75 Å². The molecule has 0 radical (unpaired) electrons. The average Bonchev–Trinajstić information content (AvgIpc) is 2.69. The lowest BCUT2D eigenvalue weighted by molar-refractivity contribution is -0.139. The Hall–Kier alpha value is -1.98. The number of halogens is 1. The molecule has 1 N–H and O–H groups in total. The molecule has 0 saturated heterocycles. The van der Waals surface area contributed by atoms with Crippen LogP contribution in [0.5, 0.6) is 0 Å². The highest BCUT2D eigenvalue weighted by Crippen LogP contribution is 2.21. The number of amides is 2. The second-order valence-electron chi connectivity index (χ2n) is 7.18. The third-order valence-corrected chi connectivity index (χ3v) is 5.81. The molecule has 156 valence electrons. The number of hydrogen-bond donors (Lipinski definition) is 1. The molecule has 2 rings (SSSR count). The van der Waals surface area contributed by atoms with E-state index >= 15 is 0 Å². The molecule has 2 aromatic carbocycles. The van der Waals surface area contributed by atoms with Crippen molar-refractivity contribution in [3.63, 3.8) is 0 Å². The Bertz CT molecular complexity index is 798. The van der Waals surface area contributed by atoms with E-state index in [0.717, 1.165) is 11.3 Å². The molecule has 0 spiro atoms. The van der Waals surface area contributed by atoms with Crippen molar-refractivity contribution >= 4 is 35.2 Å². The summed E-state index contributed by atoms with van der Waals surface area (Å²) in [4.78, 5) is 27.5. The standard InChI is InChI=1S/C23H29ClN2O2S/c1-4-21(23(28)25-17(2)3)26(14-19-12-8-9-13-20(19)24)22(27)16-29-15-18-10-6-5-7-11-18/h5-13,17,21H,4,14-16H2,1-3H3,(H,25,28)/t21-/m1/s1. The van der Waals surface area contributed by atoms with Crippen LogP contribution in [0, 0.1) is 0 Å². The lowest BCUT2D eigenvalue weighted by Gasteiger charge is -2.31. The maximum Gasteiger partial charge on any atom is 0.243 e.